The van der Waals surface area contributed by atoms with Crippen LogP contribution in [0.2, 0.25) is 5.02 Å². The first-order chi connectivity index (χ1) is 8.08. The minimum absolute atomic E-state index is 0.109. The molecule has 0 atom stereocenters. The summed E-state index contributed by atoms with van der Waals surface area (Å²) in [6.45, 7) is -0.166. The van der Waals surface area contributed by atoms with E-state index in [1.807, 2.05) is 0 Å². The van der Waals surface area contributed by atoms with Gasteiger partial charge < -0.3 is 0 Å². The average Bonchev–Trinajstić information content (AvgIpc) is 2.28. The molecule has 4 nitrogen and oxygen atoms in total. The molecule has 0 saturated carbocycles. The zero-order chi connectivity index (χ0) is 12.7. The highest BCUT2D eigenvalue weighted by atomic mass is 35.5. The van der Waals surface area contributed by atoms with Crippen molar-refractivity contribution in [3.8, 4) is 0 Å². The Morgan fingerprint density at radius 1 is 1.35 bits per heavy atom. The van der Waals surface area contributed by atoms with Gasteiger partial charge in [-0.1, -0.05) is 29.8 Å². The number of hydrogen-bond acceptors (Lipinski definition) is 3. The summed E-state index contributed by atoms with van der Waals surface area (Å²) < 4.78 is 0. The van der Waals surface area contributed by atoms with Crippen LogP contribution in [0.5, 0.6) is 0 Å². The van der Waals surface area contributed by atoms with Gasteiger partial charge in [0, 0.05) is 22.8 Å². The molecule has 0 fully saturated rings. The third kappa shape index (κ3) is 5.82. The van der Waals surface area contributed by atoms with E-state index in [2.05, 4.69) is 0 Å². The monoisotopic (exact) mass is 253 g/mol. The Morgan fingerprint density at radius 2 is 2.00 bits per heavy atom. The van der Waals surface area contributed by atoms with Crippen molar-refractivity contribution in [2.24, 2.45) is 0 Å². The lowest BCUT2D eigenvalue weighted by molar-refractivity contribution is -0.480. The molecule has 0 N–H and O–H groups in total. The molecule has 0 saturated heterocycles. The molecule has 0 amide bonds. The first-order valence-electron chi connectivity index (χ1n) is 5.16. The molecule has 0 unspecified atom stereocenters. The van der Waals surface area contributed by atoms with Gasteiger partial charge >= 0.3 is 0 Å². The number of carbonyl (C=O) groups is 1. The fraction of sp³-hybridized carbons (Fsp3) is 0.250. The number of carbonyl (C=O) groups excluding carboxylic acids is 1. The third-order valence-electron chi connectivity index (χ3n) is 2.10. The fourth-order valence-electron chi connectivity index (χ4n) is 1.23. The third-order valence-corrected chi connectivity index (χ3v) is 2.35. The highest BCUT2D eigenvalue weighted by Crippen LogP contribution is 2.10. The Bertz CT molecular complexity index is 426. The van der Waals surface area contributed by atoms with E-state index in [4.69, 9.17) is 11.6 Å². The summed E-state index contributed by atoms with van der Waals surface area (Å²) in [6, 6.07) is 7.06. The largest absolute Gasteiger partial charge is 0.295 e. The molecular weight excluding hydrogens is 242 g/mol. The van der Waals surface area contributed by atoms with Crippen LogP contribution >= 0.6 is 11.6 Å². The fourth-order valence-corrected chi connectivity index (χ4v) is 1.35. The number of halogens is 1. The van der Waals surface area contributed by atoms with Gasteiger partial charge in [-0.3, -0.25) is 14.9 Å². The van der Waals surface area contributed by atoms with E-state index < -0.39 is 4.92 Å². The zero-order valence-corrected chi connectivity index (χ0v) is 9.89. The minimum Gasteiger partial charge on any atom is -0.295 e. The molecule has 5 heteroatoms. The normalized spacial score (nSPS) is 10.6. The number of hydrogen-bond donors (Lipinski definition) is 0. The van der Waals surface area contributed by atoms with Gasteiger partial charge in [-0.05, 0) is 23.8 Å². The lowest BCUT2D eigenvalue weighted by atomic mass is 10.1. The Labute approximate surface area is 104 Å². The topological polar surface area (TPSA) is 60.2 Å². The predicted molar refractivity (Wildman–Crippen MR) is 66.6 cm³/mol. The first kappa shape index (κ1) is 13.4. The minimum atomic E-state index is -0.420. The number of ketones is 1. The Kier molecular flexibility index (Phi) is 5.36. The molecule has 0 radical (unpaired) electrons. The molecular formula is C12H12ClNO3. The number of nitro groups is 1. The van der Waals surface area contributed by atoms with Crippen molar-refractivity contribution in [3.05, 3.63) is 51.0 Å². The van der Waals surface area contributed by atoms with Crippen molar-refractivity contribution in [1.82, 2.24) is 0 Å². The average molecular weight is 254 g/mol. The van der Waals surface area contributed by atoms with Gasteiger partial charge in [0.25, 0.3) is 0 Å². The molecule has 0 aliphatic rings. The summed E-state index contributed by atoms with van der Waals surface area (Å²) in [4.78, 5) is 21.0. The maximum atomic E-state index is 11.3. The van der Waals surface area contributed by atoms with E-state index in [0.717, 1.165) is 5.56 Å². The van der Waals surface area contributed by atoms with Crippen molar-refractivity contribution in [3.63, 3.8) is 0 Å². The number of rotatable bonds is 6. The van der Waals surface area contributed by atoms with Crippen LogP contribution in [0.4, 0.5) is 0 Å². The van der Waals surface area contributed by atoms with Crippen molar-refractivity contribution in [2.75, 3.05) is 6.54 Å². The molecule has 0 spiro atoms. The van der Waals surface area contributed by atoms with Gasteiger partial charge in [0.2, 0.25) is 6.54 Å². The van der Waals surface area contributed by atoms with Crippen molar-refractivity contribution in [1.29, 1.82) is 0 Å². The van der Waals surface area contributed by atoms with E-state index in [0.29, 0.717) is 5.02 Å². The van der Waals surface area contributed by atoms with Crippen molar-refractivity contribution in [2.45, 2.75) is 12.8 Å². The Balaban J connectivity index is 2.40. The summed E-state index contributed by atoms with van der Waals surface area (Å²) >= 11 is 5.72. The Morgan fingerprint density at radius 3 is 2.59 bits per heavy atom. The van der Waals surface area contributed by atoms with Crippen molar-refractivity contribution >= 4 is 23.5 Å². The van der Waals surface area contributed by atoms with Crippen LogP contribution in [0, 0.1) is 10.1 Å². The molecule has 0 bridgehead atoms. The van der Waals surface area contributed by atoms with Crippen LogP contribution in [-0.4, -0.2) is 17.3 Å². The van der Waals surface area contributed by atoms with Gasteiger partial charge in [-0.15, -0.1) is 0 Å². The standard InChI is InChI=1S/C12H12ClNO3/c13-11-6-3-10(4-7-11)5-8-12(15)2-1-9-14(16)17/h3-8H,1-2,9H2/b8-5+. The van der Waals surface area contributed by atoms with Crippen LogP contribution in [0.3, 0.4) is 0 Å². The van der Waals surface area contributed by atoms with Gasteiger partial charge in [-0.2, -0.15) is 0 Å². The first-order valence-corrected chi connectivity index (χ1v) is 5.54. The summed E-state index contributed by atoms with van der Waals surface area (Å²) in [7, 11) is 0. The molecule has 1 rings (SSSR count). The summed E-state index contributed by atoms with van der Waals surface area (Å²) in [5.74, 6) is -0.109. The molecule has 90 valence electrons. The van der Waals surface area contributed by atoms with E-state index in [9.17, 15) is 14.9 Å². The molecule has 17 heavy (non-hydrogen) atoms. The molecule has 0 aromatic heterocycles. The maximum Gasteiger partial charge on any atom is 0.204 e. The van der Waals surface area contributed by atoms with Crippen LogP contribution < -0.4 is 0 Å². The predicted octanol–water partition coefficient (Wildman–Crippen LogP) is 2.98. The van der Waals surface area contributed by atoms with Crippen LogP contribution in [0.15, 0.2) is 30.3 Å². The highest BCUT2D eigenvalue weighted by Gasteiger charge is 2.01. The zero-order valence-electron chi connectivity index (χ0n) is 9.14. The number of benzene rings is 1. The molecule has 0 heterocycles. The second-order valence-corrected chi connectivity index (χ2v) is 3.95. The summed E-state index contributed by atoms with van der Waals surface area (Å²) in [6.07, 6.45) is 3.58. The van der Waals surface area contributed by atoms with E-state index in [1.54, 1.807) is 30.3 Å². The Hall–Kier alpha value is -1.68. The van der Waals surface area contributed by atoms with Gasteiger partial charge in [0.1, 0.15) is 0 Å². The smallest absolute Gasteiger partial charge is 0.204 e. The second-order valence-electron chi connectivity index (χ2n) is 3.51. The van der Waals surface area contributed by atoms with E-state index in [-0.39, 0.29) is 25.2 Å². The van der Waals surface area contributed by atoms with E-state index >= 15 is 0 Å². The molecule has 1 aromatic carbocycles. The second kappa shape index (κ2) is 6.81. The summed E-state index contributed by atoms with van der Waals surface area (Å²) in [5.41, 5.74) is 0.872. The quantitative estimate of drug-likeness (QED) is 0.445. The molecule has 1 aromatic rings. The van der Waals surface area contributed by atoms with Crippen molar-refractivity contribution < 1.29 is 9.72 Å². The lowest BCUT2D eigenvalue weighted by Crippen LogP contribution is -2.03. The van der Waals surface area contributed by atoms with Gasteiger partial charge in [-0.25, -0.2) is 0 Å². The number of nitrogens with zero attached hydrogens (tertiary/aromatic N) is 1. The molecule has 0 aliphatic carbocycles. The van der Waals surface area contributed by atoms with Crippen LogP contribution in [0.1, 0.15) is 18.4 Å². The van der Waals surface area contributed by atoms with Gasteiger partial charge in [0.15, 0.2) is 5.78 Å². The highest BCUT2D eigenvalue weighted by molar-refractivity contribution is 6.30. The van der Waals surface area contributed by atoms with Crippen LogP contribution in [-0.2, 0) is 4.79 Å². The number of allylic oxidation sites excluding steroid dienone is 1. The SMILES string of the molecule is O=C(/C=C/c1ccc(Cl)cc1)CCC[N+](=O)[O-]. The molecule has 0 aliphatic heterocycles. The van der Waals surface area contributed by atoms with Gasteiger partial charge in [0.05, 0.1) is 0 Å². The maximum absolute atomic E-state index is 11.3. The summed E-state index contributed by atoms with van der Waals surface area (Å²) in [5, 5.41) is 10.7. The lowest BCUT2D eigenvalue weighted by Gasteiger charge is -1.94. The van der Waals surface area contributed by atoms with E-state index in [1.165, 1.54) is 6.08 Å². The van der Waals surface area contributed by atoms with Crippen LogP contribution in [0.25, 0.3) is 6.08 Å².